The molecule has 0 aliphatic carbocycles. The second-order valence-electron chi connectivity index (χ2n) is 5.54. The number of piperidine rings is 1. The lowest BCUT2D eigenvalue weighted by Gasteiger charge is -2.22. The number of nitrogens with zero attached hydrogens (tertiary/aromatic N) is 1. The fourth-order valence-electron chi connectivity index (χ4n) is 2.61. The van der Waals surface area contributed by atoms with Crippen LogP contribution in [0.5, 0.6) is 0 Å². The average molecular weight is 328 g/mol. The molecule has 1 saturated heterocycles. The van der Waals surface area contributed by atoms with E-state index in [-0.39, 0.29) is 24.0 Å². The molecule has 0 unspecified atom stereocenters. The quantitative estimate of drug-likeness (QED) is 0.643. The van der Waals surface area contributed by atoms with Crippen molar-refractivity contribution in [1.82, 2.24) is 5.32 Å². The molecule has 0 atom stereocenters. The molecule has 1 aliphatic rings. The fourth-order valence-corrected chi connectivity index (χ4v) is 2.61. The summed E-state index contributed by atoms with van der Waals surface area (Å²) in [7, 11) is 0. The number of benzene rings is 1. The van der Waals surface area contributed by atoms with Crippen molar-refractivity contribution in [2.45, 2.75) is 32.6 Å². The van der Waals surface area contributed by atoms with Crippen molar-refractivity contribution in [3.8, 4) is 0 Å². The SMILES string of the molecule is Cc1ccc(NC(=O)CCC2CCNCC2)cc1[N+](=O)[O-].Cl. The Morgan fingerprint density at radius 2 is 2.09 bits per heavy atom. The number of nitrogens with one attached hydrogen (secondary N) is 2. The van der Waals surface area contributed by atoms with Crippen LogP contribution in [0.4, 0.5) is 11.4 Å². The highest BCUT2D eigenvalue weighted by atomic mass is 35.5. The van der Waals surface area contributed by atoms with Gasteiger partial charge in [-0.1, -0.05) is 6.07 Å². The summed E-state index contributed by atoms with van der Waals surface area (Å²) in [6.45, 7) is 3.73. The van der Waals surface area contributed by atoms with Crippen LogP contribution in [-0.4, -0.2) is 23.9 Å². The van der Waals surface area contributed by atoms with E-state index in [2.05, 4.69) is 10.6 Å². The largest absolute Gasteiger partial charge is 0.326 e. The molecule has 1 aromatic carbocycles. The van der Waals surface area contributed by atoms with Gasteiger partial charge in [-0.15, -0.1) is 12.4 Å². The van der Waals surface area contributed by atoms with Crippen molar-refractivity contribution in [3.63, 3.8) is 0 Å². The number of hydrogen-bond donors (Lipinski definition) is 2. The second-order valence-corrected chi connectivity index (χ2v) is 5.54. The van der Waals surface area contributed by atoms with Crippen molar-refractivity contribution < 1.29 is 9.72 Å². The molecular formula is C15H22ClN3O3. The lowest BCUT2D eigenvalue weighted by molar-refractivity contribution is -0.385. The second kappa shape index (κ2) is 8.70. The molecule has 0 saturated carbocycles. The molecule has 0 radical (unpaired) electrons. The predicted octanol–water partition coefficient (Wildman–Crippen LogP) is 3.04. The van der Waals surface area contributed by atoms with Crippen LogP contribution in [0.15, 0.2) is 18.2 Å². The number of halogens is 1. The highest BCUT2D eigenvalue weighted by molar-refractivity contribution is 5.91. The molecule has 2 rings (SSSR count). The van der Waals surface area contributed by atoms with E-state index in [0.717, 1.165) is 32.4 Å². The molecular weight excluding hydrogens is 306 g/mol. The van der Waals surface area contributed by atoms with Gasteiger partial charge in [0, 0.05) is 23.7 Å². The van der Waals surface area contributed by atoms with E-state index in [0.29, 0.717) is 23.6 Å². The van der Waals surface area contributed by atoms with Gasteiger partial charge in [-0.2, -0.15) is 0 Å². The molecule has 122 valence electrons. The van der Waals surface area contributed by atoms with Crippen molar-refractivity contribution in [2.24, 2.45) is 5.92 Å². The highest BCUT2D eigenvalue weighted by Gasteiger charge is 2.16. The maximum atomic E-state index is 11.9. The number of rotatable bonds is 5. The van der Waals surface area contributed by atoms with E-state index in [1.807, 2.05) is 0 Å². The Morgan fingerprint density at radius 3 is 2.73 bits per heavy atom. The zero-order valence-corrected chi connectivity index (χ0v) is 13.4. The maximum Gasteiger partial charge on any atom is 0.274 e. The average Bonchev–Trinajstić information content (AvgIpc) is 2.48. The lowest BCUT2D eigenvalue weighted by atomic mass is 9.93. The van der Waals surface area contributed by atoms with Gasteiger partial charge in [-0.25, -0.2) is 0 Å². The number of hydrogen-bond acceptors (Lipinski definition) is 4. The maximum absolute atomic E-state index is 11.9. The molecule has 22 heavy (non-hydrogen) atoms. The molecule has 1 aliphatic heterocycles. The van der Waals surface area contributed by atoms with E-state index >= 15 is 0 Å². The summed E-state index contributed by atoms with van der Waals surface area (Å²) in [4.78, 5) is 22.4. The fraction of sp³-hybridized carbons (Fsp3) is 0.533. The summed E-state index contributed by atoms with van der Waals surface area (Å²) < 4.78 is 0. The van der Waals surface area contributed by atoms with Crippen LogP contribution in [0, 0.1) is 23.0 Å². The third-order valence-electron chi connectivity index (χ3n) is 3.93. The minimum atomic E-state index is -0.431. The number of anilines is 1. The molecule has 6 nitrogen and oxygen atoms in total. The molecule has 0 bridgehead atoms. The Kier molecular flexibility index (Phi) is 7.27. The van der Waals surface area contributed by atoms with Crippen molar-refractivity contribution in [3.05, 3.63) is 33.9 Å². The van der Waals surface area contributed by atoms with E-state index in [4.69, 9.17) is 0 Å². The standard InChI is InChI=1S/C15H21N3O3.ClH/c1-11-2-4-13(10-14(11)18(20)21)17-15(19)5-3-12-6-8-16-9-7-12;/h2,4,10,12,16H,3,5-9H2,1H3,(H,17,19);1H. The lowest BCUT2D eigenvalue weighted by Crippen LogP contribution is -2.28. The normalized spacial score (nSPS) is 15.0. The van der Waals surface area contributed by atoms with Gasteiger partial charge in [-0.3, -0.25) is 14.9 Å². The Labute approximate surface area is 136 Å². The molecule has 0 spiro atoms. The van der Waals surface area contributed by atoms with Crippen LogP contribution in [0.1, 0.15) is 31.2 Å². The van der Waals surface area contributed by atoms with Crippen LogP contribution >= 0.6 is 12.4 Å². The minimum absolute atomic E-state index is 0. The molecule has 2 N–H and O–H groups in total. The van der Waals surface area contributed by atoms with Gasteiger partial charge in [0.1, 0.15) is 0 Å². The molecule has 1 amide bonds. The monoisotopic (exact) mass is 327 g/mol. The number of nitro benzene ring substituents is 1. The third kappa shape index (κ3) is 5.27. The number of carbonyl (C=O) groups is 1. The summed E-state index contributed by atoms with van der Waals surface area (Å²) >= 11 is 0. The van der Waals surface area contributed by atoms with Crippen LogP contribution < -0.4 is 10.6 Å². The topological polar surface area (TPSA) is 84.3 Å². The first-order valence-corrected chi connectivity index (χ1v) is 7.32. The van der Waals surface area contributed by atoms with Crippen molar-refractivity contribution in [1.29, 1.82) is 0 Å². The summed E-state index contributed by atoms with van der Waals surface area (Å²) in [6.07, 6.45) is 3.57. The van der Waals surface area contributed by atoms with Gasteiger partial charge in [0.25, 0.3) is 5.69 Å². The summed E-state index contributed by atoms with van der Waals surface area (Å²) in [6, 6.07) is 4.77. The van der Waals surface area contributed by atoms with Crippen molar-refractivity contribution in [2.75, 3.05) is 18.4 Å². The Morgan fingerprint density at radius 1 is 1.41 bits per heavy atom. The zero-order chi connectivity index (χ0) is 15.2. The first-order chi connectivity index (χ1) is 10.1. The predicted molar refractivity (Wildman–Crippen MR) is 88.5 cm³/mol. The van der Waals surface area contributed by atoms with E-state index in [9.17, 15) is 14.9 Å². The van der Waals surface area contributed by atoms with Gasteiger partial charge in [-0.05, 0) is 51.3 Å². The smallest absolute Gasteiger partial charge is 0.274 e. The number of nitro groups is 1. The Hall–Kier alpha value is -1.66. The van der Waals surface area contributed by atoms with Gasteiger partial charge >= 0.3 is 0 Å². The molecule has 0 aromatic heterocycles. The summed E-state index contributed by atoms with van der Waals surface area (Å²) in [5, 5.41) is 16.9. The molecule has 1 fully saturated rings. The molecule has 7 heteroatoms. The highest BCUT2D eigenvalue weighted by Crippen LogP contribution is 2.23. The molecule has 1 heterocycles. The Bertz CT molecular complexity index is 531. The number of carbonyl (C=O) groups excluding carboxylic acids is 1. The van der Waals surface area contributed by atoms with Crippen LogP contribution in [-0.2, 0) is 4.79 Å². The van der Waals surface area contributed by atoms with E-state index in [1.54, 1.807) is 19.1 Å². The van der Waals surface area contributed by atoms with Gasteiger partial charge < -0.3 is 10.6 Å². The van der Waals surface area contributed by atoms with E-state index in [1.165, 1.54) is 6.07 Å². The number of amides is 1. The van der Waals surface area contributed by atoms with Crippen LogP contribution in [0.2, 0.25) is 0 Å². The third-order valence-corrected chi connectivity index (χ3v) is 3.93. The first-order valence-electron chi connectivity index (χ1n) is 7.32. The van der Waals surface area contributed by atoms with Gasteiger partial charge in [0.15, 0.2) is 0 Å². The van der Waals surface area contributed by atoms with Crippen LogP contribution in [0.25, 0.3) is 0 Å². The Balaban J connectivity index is 0.00000242. The van der Waals surface area contributed by atoms with Gasteiger partial charge in [0.2, 0.25) is 5.91 Å². The van der Waals surface area contributed by atoms with Crippen molar-refractivity contribution >= 4 is 29.7 Å². The first kappa shape index (κ1) is 18.4. The summed E-state index contributed by atoms with van der Waals surface area (Å²) in [5.74, 6) is 0.524. The van der Waals surface area contributed by atoms with E-state index < -0.39 is 4.92 Å². The molecule has 1 aromatic rings. The zero-order valence-electron chi connectivity index (χ0n) is 12.6. The van der Waals surface area contributed by atoms with Crippen LogP contribution in [0.3, 0.4) is 0 Å². The summed E-state index contributed by atoms with van der Waals surface area (Å²) in [5.41, 5.74) is 1.11. The minimum Gasteiger partial charge on any atom is -0.326 e. The van der Waals surface area contributed by atoms with Gasteiger partial charge in [0.05, 0.1) is 4.92 Å². The number of aryl methyl sites for hydroxylation is 1.